The van der Waals surface area contributed by atoms with E-state index in [0.717, 1.165) is 0 Å². The summed E-state index contributed by atoms with van der Waals surface area (Å²) >= 11 is 3.23. The van der Waals surface area contributed by atoms with Gasteiger partial charge in [0, 0.05) is 19.3 Å². The highest BCUT2D eigenvalue weighted by Gasteiger charge is 2.19. The molecule has 0 fully saturated rings. The van der Waals surface area contributed by atoms with Crippen LogP contribution < -0.4 is 5.32 Å². The third kappa shape index (κ3) is 3.80. The molecule has 0 aliphatic rings. The number of rotatable bonds is 5. The van der Waals surface area contributed by atoms with Crippen molar-refractivity contribution in [3.63, 3.8) is 0 Å². The van der Waals surface area contributed by atoms with Gasteiger partial charge in [-0.05, 0) is 41.9 Å². The Kier molecular flexibility index (Phi) is 5.77. The van der Waals surface area contributed by atoms with E-state index in [1.165, 1.54) is 4.90 Å². The largest absolute Gasteiger partial charge is 0.355 e. The number of hydrogen-bond donors (Lipinski definition) is 1. The molecule has 1 aromatic rings. The number of hydrogen-bond acceptors (Lipinski definition) is 3. The Morgan fingerprint density at radius 1 is 1.44 bits per heavy atom. The highest BCUT2D eigenvalue weighted by Crippen LogP contribution is 2.14. The summed E-state index contributed by atoms with van der Waals surface area (Å²) in [5, 5.41) is 2.67. The van der Waals surface area contributed by atoms with E-state index in [2.05, 4.69) is 26.2 Å². The summed E-state index contributed by atoms with van der Waals surface area (Å²) < 4.78 is 0.490. The first-order valence-corrected chi connectivity index (χ1v) is 6.55. The van der Waals surface area contributed by atoms with Crippen LogP contribution in [0.5, 0.6) is 0 Å². The molecular weight excluding hydrogens is 298 g/mol. The molecule has 0 aromatic carbocycles. The Labute approximate surface area is 115 Å². The molecule has 1 N–H and O–H groups in total. The third-order valence-corrected chi connectivity index (χ3v) is 3.00. The Morgan fingerprint density at radius 3 is 2.72 bits per heavy atom. The normalized spacial score (nSPS) is 9.94. The molecule has 0 unspecified atom stereocenters. The molecule has 1 rings (SSSR count). The maximum absolute atomic E-state index is 12.2. The average Bonchev–Trinajstić information content (AvgIpc) is 2.36. The van der Waals surface area contributed by atoms with Crippen LogP contribution >= 0.6 is 15.9 Å². The molecular formula is C12H16BrN3O2. The second kappa shape index (κ2) is 7.10. The Balaban J connectivity index is 2.80. The first-order valence-electron chi connectivity index (χ1n) is 5.76. The zero-order chi connectivity index (χ0) is 13.5. The van der Waals surface area contributed by atoms with Crippen molar-refractivity contribution in [2.75, 3.05) is 19.6 Å². The molecule has 0 atom stereocenters. The standard InChI is InChI=1S/C12H16BrN3O2/c1-3-14-10(17)8-16(4-2)12(18)9-6-5-7-15-11(9)13/h5-7H,3-4,8H2,1-2H3,(H,14,17). The molecule has 6 heteroatoms. The fourth-order valence-corrected chi connectivity index (χ4v) is 1.89. The number of pyridine rings is 1. The number of aromatic nitrogens is 1. The molecule has 18 heavy (non-hydrogen) atoms. The van der Waals surface area contributed by atoms with Crippen molar-refractivity contribution < 1.29 is 9.59 Å². The zero-order valence-corrected chi connectivity index (χ0v) is 12.0. The van der Waals surface area contributed by atoms with Gasteiger partial charge in [-0.15, -0.1) is 0 Å². The first kappa shape index (κ1) is 14.6. The highest BCUT2D eigenvalue weighted by molar-refractivity contribution is 9.10. The van der Waals surface area contributed by atoms with Crippen LogP contribution in [0.15, 0.2) is 22.9 Å². The van der Waals surface area contributed by atoms with Gasteiger partial charge in [0.1, 0.15) is 4.60 Å². The van der Waals surface area contributed by atoms with Crippen LogP contribution in [0.4, 0.5) is 0 Å². The summed E-state index contributed by atoms with van der Waals surface area (Å²) in [5.41, 5.74) is 0.462. The summed E-state index contributed by atoms with van der Waals surface area (Å²) in [4.78, 5) is 29.2. The number of carbonyl (C=O) groups excluding carboxylic acids is 2. The Morgan fingerprint density at radius 2 is 2.17 bits per heavy atom. The van der Waals surface area contributed by atoms with Crippen LogP contribution in [0.2, 0.25) is 0 Å². The van der Waals surface area contributed by atoms with Crippen LogP contribution in [0.3, 0.4) is 0 Å². The van der Waals surface area contributed by atoms with Gasteiger partial charge in [-0.3, -0.25) is 9.59 Å². The highest BCUT2D eigenvalue weighted by atomic mass is 79.9. The summed E-state index contributed by atoms with van der Waals surface area (Å²) in [7, 11) is 0. The SMILES string of the molecule is CCNC(=O)CN(CC)C(=O)c1cccnc1Br. The lowest BCUT2D eigenvalue weighted by Crippen LogP contribution is -2.40. The van der Waals surface area contributed by atoms with E-state index >= 15 is 0 Å². The summed E-state index contributed by atoms with van der Waals surface area (Å²) in [6, 6.07) is 3.37. The minimum absolute atomic E-state index is 0.0600. The lowest BCUT2D eigenvalue weighted by Gasteiger charge is -2.20. The number of likely N-dealkylation sites (N-methyl/N-ethyl adjacent to an activating group) is 2. The van der Waals surface area contributed by atoms with Gasteiger partial charge >= 0.3 is 0 Å². The molecule has 0 saturated carbocycles. The van der Waals surface area contributed by atoms with Gasteiger partial charge in [-0.2, -0.15) is 0 Å². The van der Waals surface area contributed by atoms with E-state index in [-0.39, 0.29) is 18.4 Å². The Hall–Kier alpha value is -1.43. The molecule has 0 aliphatic heterocycles. The molecule has 0 radical (unpaired) electrons. The van der Waals surface area contributed by atoms with E-state index in [1.807, 2.05) is 13.8 Å². The molecule has 1 aromatic heterocycles. The van der Waals surface area contributed by atoms with Crippen LogP contribution in [0, 0.1) is 0 Å². The summed E-state index contributed by atoms with van der Waals surface area (Å²) in [6.45, 7) is 4.76. The molecule has 0 spiro atoms. The number of carbonyl (C=O) groups is 2. The predicted molar refractivity (Wildman–Crippen MR) is 72.2 cm³/mol. The second-order valence-electron chi connectivity index (χ2n) is 3.61. The number of nitrogens with zero attached hydrogens (tertiary/aromatic N) is 2. The van der Waals surface area contributed by atoms with Crippen LogP contribution in [0.25, 0.3) is 0 Å². The van der Waals surface area contributed by atoms with E-state index in [9.17, 15) is 9.59 Å². The topological polar surface area (TPSA) is 62.3 Å². The molecule has 5 nitrogen and oxygen atoms in total. The Bertz CT molecular complexity index is 437. The van der Waals surface area contributed by atoms with Gasteiger partial charge in [0.15, 0.2) is 0 Å². The molecule has 98 valence electrons. The maximum Gasteiger partial charge on any atom is 0.257 e. The summed E-state index contributed by atoms with van der Waals surface area (Å²) in [5.74, 6) is -0.364. The monoisotopic (exact) mass is 313 g/mol. The van der Waals surface area contributed by atoms with Crippen LogP contribution in [-0.4, -0.2) is 41.3 Å². The predicted octanol–water partition coefficient (Wildman–Crippen LogP) is 1.44. The smallest absolute Gasteiger partial charge is 0.257 e. The van der Waals surface area contributed by atoms with E-state index in [0.29, 0.717) is 23.3 Å². The van der Waals surface area contributed by atoms with Gasteiger partial charge < -0.3 is 10.2 Å². The number of halogens is 1. The molecule has 0 saturated heterocycles. The fourth-order valence-electron chi connectivity index (χ4n) is 1.47. The van der Waals surface area contributed by atoms with Crippen LogP contribution in [0.1, 0.15) is 24.2 Å². The van der Waals surface area contributed by atoms with Gasteiger partial charge in [-0.25, -0.2) is 4.98 Å². The van der Waals surface area contributed by atoms with Crippen molar-refractivity contribution >= 4 is 27.7 Å². The minimum atomic E-state index is -0.205. The summed E-state index contributed by atoms with van der Waals surface area (Å²) in [6.07, 6.45) is 1.60. The van der Waals surface area contributed by atoms with Crippen molar-refractivity contribution in [1.29, 1.82) is 0 Å². The zero-order valence-electron chi connectivity index (χ0n) is 10.4. The van der Waals surface area contributed by atoms with Gasteiger partial charge in [0.25, 0.3) is 5.91 Å². The van der Waals surface area contributed by atoms with Crippen LogP contribution in [-0.2, 0) is 4.79 Å². The maximum atomic E-state index is 12.2. The van der Waals surface area contributed by atoms with E-state index in [4.69, 9.17) is 0 Å². The van der Waals surface area contributed by atoms with E-state index < -0.39 is 0 Å². The number of nitrogens with one attached hydrogen (secondary N) is 1. The van der Waals surface area contributed by atoms with Gasteiger partial charge in [0.05, 0.1) is 12.1 Å². The van der Waals surface area contributed by atoms with Crippen molar-refractivity contribution in [2.24, 2.45) is 0 Å². The molecule has 2 amide bonds. The fraction of sp³-hybridized carbons (Fsp3) is 0.417. The van der Waals surface area contributed by atoms with Crippen molar-refractivity contribution in [1.82, 2.24) is 15.2 Å². The molecule has 0 bridgehead atoms. The minimum Gasteiger partial charge on any atom is -0.355 e. The quantitative estimate of drug-likeness (QED) is 0.837. The second-order valence-corrected chi connectivity index (χ2v) is 4.37. The lowest BCUT2D eigenvalue weighted by atomic mass is 10.2. The first-order chi connectivity index (χ1) is 8.60. The van der Waals surface area contributed by atoms with Crippen molar-refractivity contribution in [2.45, 2.75) is 13.8 Å². The average molecular weight is 314 g/mol. The van der Waals surface area contributed by atoms with E-state index in [1.54, 1.807) is 18.3 Å². The van der Waals surface area contributed by atoms with Gasteiger partial charge in [-0.1, -0.05) is 0 Å². The van der Waals surface area contributed by atoms with Crippen molar-refractivity contribution in [3.8, 4) is 0 Å². The number of amides is 2. The van der Waals surface area contributed by atoms with Gasteiger partial charge in [0.2, 0.25) is 5.91 Å². The molecule has 0 aliphatic carbocycles. The molecule has 1 heterocycles. The van der Waals surface area contributed by atoms with Crippen molar-refractivity contribution in [3.05, 3.63) is 28.5 Å². The third-order valence-electron chi connectivity index (χ3n) is 2.37. The lowest BCUT2D eigenvalue weighted by molar-refractivity contribution is -0.121.